The highest BCUT2D eigenvalue weighted by molar-refractivity contribution is 6.01. The molecule has 0 aromatic carbocycles. The Kier molecular flexibility index (Phi) is 6.91. The Morgan fingerprint density at radius 3 is 2.75 bits per heavy atom. The summed E-state index contributed by atoms with van der Waals surface area (Å²) in [7, 11) is 0. The van der Waals surface area contributed by atoms with Gasteiger partial charge >= 0.3 is 12.3 Å². The number of nitrogens with one attached hydrogen (secondary N) is 1. The van der Waals surface area contributed by atoms with Gasteiger partial charge in [-0.1, -0.05) is 0 Å². The highest BCUT2D eigenvalue weighted by Gasteiger charge is 2.42. The van der Waals surface area contributed by atoms with Gasteiger partial charge < -0.3 is 19.4 Å². The van der Waals surface area contributed by atoms with Crippen molar-refractivity contribution in [1.29, 1.82) is 0 Å². The van der Waals surface area contributed by atoms with Crippen LogP contribution in [0.15, 0.2) is 41.5 Å². The molecular weight excluding hydrogens is 486 g/mol. The van der Waals surface area contributed by atoms with Crippen molar-refractivity contribution in [3.63, 3.8) is 0 Å². The molecule has 1 N–H and O–H groups in total. The summed E-state index contributed by atoms with van der Waals surface area (Å²) < 4.78 is 61.0. The van der Waals surface area contributed by atoms with Gasteiger partial charge in [0, 0.05) is 17.3 Å². The number of oxazole rings is 1. The average Bonchev–Trinajstić information content (AvgIpc) is 3.46. The lowest BCUT2D eigenvalue weighted by Crippen LogP contribution is -2.34. The maximum absolute atomic E-state index is 13.2. The van der Waals surface area contributed by atoms with Gasteiger partial charge in [-0.2, -0.15) is 8.78 Å². The van der Waals surface area contributed by atoms with Crippen LogP contribution in [-0.2, 0) is 17.8 Å². The third-order valence-electron chi connectivity index (χ3n) is 5.67. The molecule has 2 amide bonds. The minimum absolute atomic E-state index is 0.0553. The molecule has 1 aliphatic rings. The quantitative estimate of drug-likeness (QED) is 0.437. The lowest BCUT2D eigenvalue weighted by molar-refractivity contribution is -0.148. The lowest BCUT2D eigenvalue weighted by atomic mass is 10.1. The highest BCUT2D eigenvalue weighted by atomic mass is 19.3. The Labute approximate surface area is 202 Å². The zero-order valence-corrected chi connectivity index (χ0v) is 19.2. The topological polar surface area (TPSA) is 110 Å². The molecule has 0 bridgehead atoms. The van der Waals surface area contributed by atoms with E-state index in [1.165, 1.54) is 29.8 Å². The first-order valence-corrected chi connectivity index (χ1v) is 10.8. The van der Waals surface area contributed by atoms with Crippen LogP contribution in [0.3, 0.4) is 0 Å². The zero-order valence-electron chi connectivity index (χ0n) is 19.2. The van der Waals surface area contributed by atoms with Gasteiger partial charge in [0.2, 0.25) is 5.91 Å². The predicted molar refractivity (Wildman–Crippen MR) is 117 cm³/mol. The zero-order chi connectivity index (χ0) is 26.0. The minimum atomic E-state index is -4.29. The van der Waals surface area contributed by atoms with Crippen molar-refractivity contribution in [2.24, 2.45) is 0 Å². The van der Waals surface area contributed by atoms with Crippen LogP contribution in [0, 0.1) is 6.92 Å². The molecule has 3 aromatic rings. The lowest BCUT2D eigenvalue weighted by Gasteiger charge is -2.24. The molecule has 0 saturated heterocycles. The first kappa shape index (κ1) is 25.1. The van der Waals surface area contributed by atoms with Crippen molar-refractivity contribution in [2.45, 2.75) is 45.2 Å². The Morgan fingerprint density at radius 1 is 1.31 bits per heavy atom. The van der Waals surface area contributed by atoms with Crippen LogP contribution < -0.4 is 10.1 Å². The second-order valence-corrected chi connectivity index (χ2v) is 8.21. The molecule has 4 rings (SSSR count). The van der Waals surface area contributed by atoms with Gasteiger partial charge in [-0.05, 0) is 31.5 Å². The summed E-state index contributed by atoms with van der Waals surface area (Å²) >= 11 is 0. The molecule has 3 aromatic heterocycles. The number of ether oxygens (including phenoxy) is 1. The Morgan fingerprint density at radius 2 is 2.08 bits per heavy atom. The van der Waals surface area contributed by atoms with Crippen molar-refractivity contribution in [1.82, 2.24) is 19.9 Å². The number of alkyl halides is 4. The minimum Gasteiger partial charge on any atom is -0.485 e. The second kappa shape index (κ2) is 9.91. The molecule has 0 fully saturated rings. The summed E-state index contributed by atoms with van der Waals surface area (Å²) in [5.74, 6) is -4.43. The fraction of sp³-hybridized carbons (Fsp3) is 0.348. The summed E-state index contributed by atoms with van der Waals surface area (Å²) in [4.78, 5) is 39.1. The number of carbonyl (C=O) groups is 2. The summed E-state index contributed by atoms with van der Waals surface area (Å²) in [6.07, 6.45) is 1.31. The van der Waals surface area contributed by atoms with Gasteiger partial charge in [-0.15, -0.1) is 0 Å². The summed E-state index contributed by atoms with van der Waals surface area (Å²) in [6, 6.07) is 2.54. The number of carbonyl (C=O) groups excluding carboxylic acids is 2. The molecule has 9 nitrogen and oxygen atoms in total. The summed E-state index contributed by atoms with van der Waals surface area (Å²) in [5, 5.41) is 2.69. The number of rotatable bonds is 9. The third kappa shape index (κ3) is 5.14. The summed E-state index contributed by atoms with van der Waals surface area (Å²) in [5.41, 5.74) is 1.73. The molecule has 1 atom stereocenters. The number of pyridine rings is 2. The van der Waals surface area contributed by atoms with E-state index in [2.05, 4.69) is 20.3 Å². The molecule has 4 heterocycles. The molecule has 0 spiro atoms. The van der Waals surface area contributed by atoms with Crippen LogP contribution in [0.4, 0.5) is 23.4 Å². The number of aromatic nitrogens is 3. The number of amides is 2. The van der Waals surface area contributed by atoms with Gasteiger partial charge in [0.1, 0.15) is 17.3 Å². The first-order valence-electron chi connectivity index (χ1n) is 10.8. The van der Waals surface area contributed by atoms with Gasteiger partial charge in [-0.3, -0.25) is 14.6 Å². The van der Waals surface area contributed by atoms with Crippen LogP contribution in [-0.4, -0.2) is 50.6 Å². The molecule has 0 radical (unpaired) electrons. The third-order valence-corrected chi connectivity index (χ3v) is 5.67. The van der Waals surface area contributed by atoms with Crippen LogP contribution in [0.2, 0.25) is 0 Å². The van der Waals surface area contributed by atoms with Crippen LogP contribution >= 0.6 is 0 Å². The smallest absolute Gasteiger partial charge is 0.340 e. The Bertz CT molecular complexity index is 1270. The van der Waals surface area contributed by atoms with E-state index in [1.807, 2.05) is 0 Å². The molecular formula is C23H21F4N5O4. The van der Waals surface area contributed by atoms with Crippen molar-refractivity contribution < 1.29 is 36.3 Å². The predicted octanol–water partition coefficient (Wildman–Crippen LogP) is 3.95. The van der Waals surface area contributed by atoms with Crippen molar-refractivity contribution in [3.8, 4) is 5.75 Å². The molecule has 36 heavy (non-hydrogen) atoms. The largest absolute Gasteiger partial charge is 0.485 e. The molecule has 0 aliphatic carbocycles. The fourth-order valence-electron chi connectivity index (χ4n) is 3.68. The maximum atomic E-state index is 13.2. The SMILES string of the molecule is Cc1cc(C(C)N2Cc3c(ccnc3NC(=O)Cc3cnco3)C2=O)ncc1OCC(F)(F)C(F)F. The normalized spacial score (nSPS) is 14.2. The monoisotopic (exact) mass is 507 g/mol. The van der Waals surface area contributed by atoms with E-state index >= 15 is 0 Å². The number of nitrogens with zero attached hydrogens (tertiary/aromatic N) is 4. The molecule has 13 heteroatoms. The highest BCUT2D eigenvalue weighted by Crippen LogP contribution is 2.34. The van der Waals surface area contributed by atoms with E-state index < -0.39 is 30.9 Å². The maximum Gasteiger partial charge on any atom is 0.340 e. The van der Waals surface area contributed by atoms with E-state index in [0.29, 0.717) is 28.1 Å². The number of hydrogen-bond donors (Lipinski definition) is 1. The fourth-order valence-corrected chi connectivity index (χ4v) is 3.68. The number of anilines is 1. The molecule has 190 valence electrons. The number of fused-ring (bicyclic) bond motifs is 1. The van der Waals surface area contributed by atoms with Crippen LogP contribution in [0.25, 0.3) is 0 Å². The van der Waals surface area contributed by atoms with E-state index in [4.69, 9.17) is 9.15 Å². The van der Waals surface area contributed by atoms with Gasteiger partial charge in [0.15, 0.2) is 13.0 Å². The number of halogens is 4. The van der Waals surface area contributed by atoms with Gasteiger partial charge in [0.05, 0.1) is 37.1 Å². The Hall–Kier alpha value is -4.03. The number of hydrogen-bond acceptors (Lipinski definition) is 7. The van der Waals surface area contributed by atoms with Crippen molar-refractivity contribution >= 4 is 17.6 Å². The van der Waals surface area contributed by atoms with E-state index in [-0.39, 0.29) is 30.4 Å². The van der Waals surface area contributed by atoms with Crippen molar-refractivity contribution in [2.75, 3.05) is 11.9 Å². The summed E-state index contributed by atoms with van der Waals surface area (Å²) in [6.45, 7) is 1.94. The first-order chi connectivity index (χ1) is 17.1. The van der Waals surface area contributed by atoms with Crippen LogP contribution in [0.5, 0.6) is 5.75 Å². The standard InChI is InChI=1S/C23H21F4N5O4/c1-12-5-17(30-8-18(12)35-10-23(26,27)22(24)25)13(2)32-9-16-15(21(32)34)3-4-29-20(16)31-19(33)6-14-7-28-11-36-14/h3-5,7-8,11,13,22H,6,9-10H2,1-2H3,(H,29,31,33). The van der Waals surface area contributed by atoms with Crippen molar-refractivity contribution in [3.05, 3.63) is 65.3 Å². The Balaban J connectivity index is 1.47. The van der Waals surface area contributed by atoms with E-state index in [9.17, 15) is 27.2 Å². The average molecular weight is 507 g/mol. The van der Waals surface area contributed by atoms with Gasteiger partial charge in [0.25, 0.3) is 5.91 Å². The van der Waals surface area contributed by atoms with Gasteiger partial charge in [-0.25, -0.2) is 18.7 Å². The number of aryl methyl sites for hydroxylation is 1. The molecule has 1 aliphatic heterocycles. The van der Waals surface area contributed by atoms with E-state index in [0.717, 1.165) is 6.20 Å². The van der Waals surface area contributed by atoms with E-state index in [1.54, 1.807) is 19.9 Å². The van der Waals surface area contributed by atoms with Crippen LogP contribution in [0.1, 0.15) is 45.9 Å². The second-order valence-electron chi connectivity index (χ2n) is 8.21. The molecule has 1 unspecified atom stereocenters. The molecule has 0 saturated carbocycles.